The lowest BCUT2D eigenvalue weighted by Gasteiger charge is -2.25. The molecule has 0 radical (unpaired) electrons. The summed E-state index contributed by atoms with van der Waals surface area (Å²) in [5, 5.41) is 9.16. The van der Waals surface area contributed by atoms with Crippen LogP contribution in [0.25, 0.3) is 11.1 Å². The van der Waals surface area contributed by atoms with Crippen LogP contribution in [0.1, 0.15) is 41.1 Å². The standard InChI is InChI=1S/C17H15BrO2/c18-16-9-8-14(10-15(16)17(19)20)13-6-4-12(5-7-13)11-2-1-3-11/h4-11H,1-3H2,(H,19,20). The summed E-state index contributed by atoms with van der Waals surface area (Å²) in [6.45, 7) is 0. The fourth-order valence-electron chi connectivity index (χ4n) is 2.56. The molecule has 0 aliphatic heterocycles. The molecule has 1 N–H and O–H groups in total. The molecule has 0 bridgehead atoms. The highest BCUT2D eigenvalue weighted by atomic mass is 79.9. The number of rotatable bonds is 3. The third-order valence-corrected chi connectivity index (χ3v) is 4.71. The van der Waals surface area contributed by atoms with Gasteiger partial charge in [0.25, 0.3) is 0 Å². The van der Waals surface area contributed by atoms with Gasteiger partial charge in [0.05, 0.1) is 5.56 Å². The van der Waals surface area contributed by atoms with E-state index in [0.29, 0.717) is 10.0 Å². The summed E-state index contributed by atoms with van der Waals surface area (Å²) in [5.74, 6) is -0.187. The van der Waals surface area contributed by atoms with Crippen LogP contribution in [0.5, 0.6) is 0 Å². The Kier molecular flexibility index (Phi) is 3.62. The van der Waals surface area contributed by atoms with Crippen LogP contribution < -0.4 is 0 Å². The first-order chi connectivity index (χ1) is 9.65. The molecule has 3 rings (SSSR count). The van der Waals surface area contributed by atoms with Crippen LogP contribution in [-0.4, -0.2) is 11.1 Å². The minimum absolute atomic E-state index is 0.297. The summed E-state index contributed by atoms with van der Waals surface area (Å²) in [6.07, 6.45) is 3.92. The van der Waals surface area contributed by atoms with Crippen LogP contribution in [0.2, 0.25) is 0 Å². The van der Waals surface area contributed by atoms with E-state index < -0.39 is 5.97 Å². The number of aromatic carboxylic acids is 1. The second kappa shape index (κ2) is 5.41. The number of carboxylic acids is 1. The summed E-state index contributed by atoms with van der Waals surface area (Å²) in [6, 6.07) is 14.0. The Labute approximate surface area is 126 Å². The van der Waals surface area contributed by atoms with E-state index in [2.05, 4.69) is 40.2 Å². The zero-order valence-corrected chi connectivity index (χ0v) is 12.6. The van der Waals surface area contributed by atoms with Crippen molar-refractivity contribution in [2.24, 2.45) is 0 Å². The molecule has 0 spiro atoms. The summed E-state index contributed by atoms with van der Waals surface area (Å²) in [5.41, 5.74) is 3.69. The molecule has 0 aromatic heterocycles. The van der Waals surface area contributed by atoms with Gasteiger partial charge in [-0.1, -0.05) is 36.8 Å². The number of halogens is 1. The fourth-order valence-corrected chi connectivity index (χ4v) is 2.97. The van der Waals surface area contributed by atoms with Gasteiger partial charge in [0, 0.05) is 4.47 Å². The molecule has 0 unspecified atom stereocenters. The molecule has 0 amide bonds. The van der Waals surface area contributed by atoms with E-state index in [-0.39, 0.29) is 0 Å². The first-order valence-corrected chi connectivity index (χ1v) is 7.57. The van der Waals surface area contributed by atoms with Crippen molar-refractivity contribution in [2.75, 3.05) is 0 Å². The van der Waals surface area contributed by atoms with Crippen molar-refractivity contribution < 1.29 is 9.90 Å². The van der Waals surface area contributed by atoms with Gasteiger partial charge in [-0.2, -0.15) is 0 Å². The average molecular weight is 331 g/mol. The van der Waals surface area contributed by atoms with E-state index >= 15 is 0 Å². The molecule has 0 heterocycles. The van der Waals surface area contributed by atoms with Crippen molar-refractivity contribution in [3.05, 3.63) is 58.1 Å². The second-order valence-electron chi connectivity index (χ2n) is 5.25. The van der Waals surface area contributed by atoms with Gasteiger partial charge in [0.15, 0.2) is 0 Å². The van der Waals surface area contributed by atoms with Crippen LogP contribution in [-0.2, 0) is 0 Å². The zero-order chi connectivity index (χ0) is 14.1. The molecule has 3 heteroatoms. The van der Waals surface area contributed by atoms with Gasteiger partial charge >= 0.3 is 5.97 Å². The number of hydrogen-bond donors (Lipinski definition) is 1. The normalized spacial score (nSPS) is 14.8. The van der Waals surface area contributed by atoms with Gasteiger partial charge in [-0.25, -0.2) is 4.79 Å². The van der Waals surface area contributed by atoms with E-state index in [1.165, 1.54) is 24.8 Å². The summed E-state index contributed by atoms with van der Waals surface area (Å²) in [7, 11) is 0. The zero-order valence-electron chi connectivity index (χ0n) is 11.0. The molecule has 2 nitrogen and oxygen atoms in total. The summed E-state index contributed by atoms with van der Waals surface area (Å²) >= 11 is 3.27. The Morgan fingerprint density at radius 1 is 1.05 bits per heavy atom. The molecule has 1 fully saturated rings. The third-order valence-electron chi connectivity index (χ3n) is 4.02. The maximum Gasteiger partial charge on any atom is 0.336 e. The van der Waals surface area contributed by atoms with Gasteiger partial charge < -0.3 is 5.11 Å². The van der Waals surface area contributed by atoms with Crippen molar-refractivity contribution in [1.29, 1.82) is 0 Å². The Morgan fingerprint density at radius 3 is 2.25 bits per heavy atom. The van der Waals surface area contributed by atoms with Crippen LogP contribution in [0.3, 0.4) is 0 Å². The predicted octanol–water partition coefficient (Wildman–Crippen LogP) is 5.08. The quantitative estimate of drug-likeness (QED) is 0.851. The van der Waals surface area contributed by atoms with Crippen LogP contribution >= 0.6 is 15.9 Å². The largest absolute Gasteiger partial charge is 0.478 e. The molecule has 1 aliphatic rings. The maximum absolute atomic E-state index is 11.2. The van der Waals surface area contributed by atoms with Crippen molar-refractivity contribution in [1.82, 2.24) is 0 Å². The highest BCUT2D eigenvalue weighted by Crippen LogP contribution is 2.37. The number of carboxylic acid groups (broad SMARTS) is 1. The lowest BCUT2D eigenvalue weighted by atomic mass is 9.80. The van der Waals surface area contributed by atoms with Gasteiger partial charge in [0.2, 0.25) is 0 Å². The molecule has 2 aromatic rings. The smallest absolute Gasteiger partial charge is 0.336 e. The first-order valence-electron chi connectivity index (χ1n) is 6.78. The lowest BCUT2D eigenvalue weighted by molar-refractivity contribution is 0.0696. The van der Waals surface area contributed by atoms with Crippen molar-refractivity contribution in [3.8, 4) is 11.1 Å². The van der Waals surface area contributed by atoms with Gasteiger partial charge in [-0.15, -0.1) is 0 Å². The molecule has 102 valence electrons. The van der Waals surface area contributed by atoms with Gasteiger partial charge in [-0.05, 0) is 63.5 Å². The molecule has 0 atom stereocenters. The molecular weight excluding hydrogens is 316 g/mol. The third kappa shape index (κ3) is 2.50. The van der Waals surface area contributed by atoms with Crippen molar-refractivity contribution >= 4 is 21.9 Å². The van der Waals surface area contributed by atoms with E-state index in [9.17, 15) is 4.79 Å². The lowest BCUT2D eigenvalue weighted by Crippen LogP contribution is -2.08. The minimum Gasteiger partial charge on any atom is -0.478 e. The molecule has 1 saturated carbocycles. The molecule has 20 heavy (non-hydrogen) atoms. The maximum atomic E-state index is 11.2. The van der Waals surface area contributed by atoms with Crippen molar-refractivity contribution in [2.45, 2.75) is 25.2 Å². The predicted molar refractivity (Wildman–Crippen MR) is 83.1 cm³/mol. The highest BCUT2D eigenvalue weighted by molar-refractivity contribution is 9.10. The number of benzene rings is 2. The molecule has 2 aromatic carbocycles. The number of carbonyl (C=O) groups is 1. The SMILES string of the molecule is O=C(O)c1cc(-c2ccc(C3CCC3)cc2)ccc1Br. The Hall–Kier alpha value is -1.61. The Balaban J connectivity index is 1.92. The van der Waals surface area contributed by atoms with E-state index in [1.54, 1.807) is 12.1 Å². The molecular formula is C17H15BrO2. The first kappa shape index (κ1) is 13.4. The van der Waals surface area contributed by atoms with Gasteiger partial charge in [-0.3, -0.25) is 0 Å². The average Bonchev–Trinajstić information content (AvgIpc) is 2.38. The Bertz CT molecular complexity index is 643. The van der Waals surface area contributed by atoms with Crippen LogP contribution in [0, 0.1) is 0 Å². The van der Waals surface area contributed by atoms with Gasteiger partial charge in [0.1, 0.15) is 0 Å². The fraction of sp³-hybridized carbons (Fsp3) is 0.235. The summed E-state index contributed by atoms with van der Waals surface area (Å²) < 4.78 is 0.611. The van der Waals surface area contributed by atoms with E-state index in [4.69, 9.17) is 5.11 Å². The minimum atomic E-state index is -0.912. The summed E-state index contributed by atoms with van der Waals surface area (Å²) in [4.78, 5) is 11.2. The topological polar surface area (TPSA) is 37.3 Å². The number of hydrogen-bond acceptors (Lipinski definition) is 1. The van der Waals surface area contributed by atoms with Crippen LogP contribution in [0.4, 0.5) is 0 Å². The van der Waals surface area contributed by atoms with Crippen molar-refractivity contribution in [3.63, 3.8) is 0 Å². The second-order valence-corrected chi connectivity index (χ2v) is 6.10. The highest BCUT2D eigenvalue weighted by Gasteiger charge is 2.19. The molecule has 1 aliphatic carbocycles. The van der Waals surface area contributed by atoms with E-state index in [1.807, 2.05) is 6.07 Å². The van der Waals surface area contributed by atoms with E-state index in [0.717, 1.165) is 17.0 Å². The monoisotopic (exact) mass is 330 g/mol. The Morgan fingerprint density at radius 2 is 1.70 bits per heavy atom. The van der Waals surface area contributed by atoms with Crippen LogP contribution in [0.15, 0.2) is 46.9 Å². The molecule has 0 saturated heterocycles.